The van der Waals surface area contributed by atoms with Gasteiger partial charge in [0, 0.05) is 19.5 Å². The number of benzene rings is 1. The highest BCUT2D eigenvalue weighted by atomic mass is 16.5. The summed E-state index contributed by atoms with van der Waals surface area (Å²) in [6, 6.07) is 8.30. The lowest BCUT2D eigenvalue weighted by molar-refractivity contribution is 0.159. The van der Waals surface area contributed by atoms with Crippen molar-refractivity contribution in [2.75, 3.05) is 13.1 Å². The molecule has 1 aromatic rings. The van der Waals surface area contributed by atoms with Gasteiger partial charge in [0.25, 0.3) is 0 Å². The molecule has 3 heteroatoms. The molecule has 0 radical (unpaired) electrons. The number of rotatable bonds is 2. The third-order valence-corrected chi connectivity index (χ3v) is 3.65. The number of para-hydroxylation sites is 1. The lowest BCUT2D eigenvalue weighted by Gasteiger charge is -2.31. The number of hydrogen-bond donors (Lipinski definition) is 1. The SMILES string of the molecule is CCC1(C2=NCCCN2)Cc2ccccc2O1. The Hall–Kier alpha value is -1.51. The molecule has 3 rings (SSSR count). The molecule has 0 spiro atoms. The number of nitrogens with one attached hydrogen (secondary N) is 1. The van der Waals surface area contributed by atoms with Gasteiger partial charge in [-0.25, -0.2) is 0 Å². The van der Waals surface area contributed by atoms with E-state index in [1.54, 1.807) is 0 Å². The van der Waals surface area contributed by atoms with Crippen LogP contribution in [0.4, 0.5) is 0 Å². The van der Waals surface area contributed by atoms with E-state index in [2.05, 4.69) is 35.4 Å². The molecule has 0 aliphatic carbocycles. The number of fused-ring (bicyclic) bond motifs is 1. The van der Waals surface area contributed by atoms with E-state index < -0.39 is 0 Å². The van der Waals surface area contributed by atoms with Crippen molar-refractivity contribution in [1.82, 2.24) is 5.32 Å². The fraction of sp³-hybridized carbons (Fsp3) is 0.500. The molecule has 0 aromatic heterocycles. The van der Waals surface area contributed by atoms with Gasteiger partial charge in [0.15, 0.2) is 5.60 Å². The molecular weight excluding hydrogens is 212 g/mol. The van der Waals surface area contributed by atoms with Crippen LogP contribution in [0.2, 0.25) is 0 Å². The van der Waals surface area contributed by atoms with E-state index in [1.165, 1.54) is 5.56 Å². The van der Waals surface area contributed by atoms with Gasteiger partial charge in [-0.1, -0.05) is 25.1 Å². The molecule has 0 bridgehead atoms. The fourth-order valence-corrected chi connectivity index (χ4v) is 2.64. The minimum atomic E-state index is -0.246. The first kappa shape index (κ1) is 10.6. The second kappa shape index (κ2) is 4.06. The van der Waals surface area contributed by atoms with Crippen molar-refractivity contribution in [3.8, 4) is 5.75 Å². The van der Waals surface area contributed by atoms with Gasteiger partial charge in [0.1, 0.15) is 11.6 Å². The Morgan fingerprint density at radius 1 is 1.41 bits per heavy atom. The molecule has 2 aliphatic heterocycles. The molecule has 0 amide bonds. The summed E-state index contributed by atoms with van der Waals surface area (Å²) in [7, 11) is 0. The summed E-state index contributed by atoms with van der Waals surface area (Å²) in [4.78, 5) is 4.62. The first-order valence-electron chi connectivity index (χ1n) is 6.40. The summed E-state index contributed by atoms with van der Waals surface area (Å²) in [5, 5.41) is 3.41. The van der Waals surface area contributed by atoms with Crippen LogP contribution in [-0.2, 0) is 6.42 Å². The number of aliphatic imine (C=N–C) groups is 1. The average Bonchev–Trinajstić information content (AvgIpc) is 2.79. The Bertz CT molecular complexity index is 428. The van der Waals surface area contributed by atoms with Crippen LogP contribution in [0.3, 0.4) is 0 Å². The van der Waals surface area contributed by atoms with Crippen molar-refractivity contribution in [3.63, 3.8) is 0 Å². The van der Waals surface area contributed by atoms with Gasteiger partial charge in [0.2, 0.25) is 0 Å². The van der Waals surface area contributed by atoms with Gasteiger partial charge in [-0.05, 0) is 24.5 Å². The maximum Gasteiger partial charge on any atom is 0.169 e. The molecule has 17 heavy (non-hydrogen) atoms. The second-order valence-electron chi connectivity index (χ2n) is 4.75. The third-order valence-electron chi connectivity index (χ3n) is 3.65. The zero-order chi connectivity index (χ0) is 11.7. The highest BCUT2D eigenvalue weighted by Crippen LogP contribution is 2.37. The maximum absolute atomic E-state index is 6.19. The van der Waals surface area contributed by atoms with Gasteiger partial charge in [-0.15, -0.1) is 0 Å². The van der Waals surface area contributed by atoms with E-state index in [-0.39, 0.29) is 5.60 Å². The minimum absolute atomic E-state index is 0.246. The van der Waals surface area contributed by atoms with E-state index in [0.717, 1.165) is 43.9 Å². The van der Waals surface area contributed by atoms with E-state index in [4.69, 9.17) is 4.74 Å². The van der Waals surface area contributed by atoms with Crippen LogP contribution in [0, 0.1) is 0 Å². The number of hydrogen-bond acceptors (Lipinski definition) is 3. The molecule has 1 unspecified atom stereocenters. The molecule has 0 fully saturated rings. The summed E-state index contributed by atoms with van der Waals surface area (Å²) in [6.45, 7) is 4.11. The van der Waals surface area contributed by atoms with Crippen LogP contribution >= 0.6 is 0 Å². The average molecular weight is 230 g/mol. The van der Waals surface area contributed by atoms with Crippen LogP contribution < -0.4 is 10.1 Å². The Morgan fingerprint density at radius 2 is 2.29 bits per heavy atom. The van der Waals surface area contributed by atoms with Gasteiger partial charge in [-0.2, -0.15) is 0 Å². The zero-order valence-corrected chi connectivity index (χ0v) is 10.2. The monoisotopic (exact) mass is 230 g/mol. The summed E-state index contributed by atoms with van der Waals surface area (Å²) in [5.41, 5.74) is 1.05. The molecule has 0 saturated heterocycles. The second-order valence-corrected chi connectivity index (χ2v) is 4.75. The molecule has 2 aliphatic rings. The molecule has 2 heterocycles. The molecule has 1 atom stereocenters. The van der Waals surface area contributed by atoms with Gasteiger partial charge < -0.3 is 10.1 Å². The molecule has 1 N–H and O–H groups in total. The van der Waals surface area contributed by atoms with Gasteiger partial charge >= 0.3 is 0 Å². The van der Waals surface area contributed by atoms with Crippen molar-refractivity contribution in [2.45, 2.75) is 31.8 Å². The van der Waals surface area contributed by atoms with E-state index in [1.807, 2.05) is 6.07 Å². The minimum Gasteiger partial charge on any atom is -0.479 e. The predicted molar refractivity (Wildman–Crippen MR) is 68.7 cm³/mol. The molecule has 1 aromatic carbocycles. The van der Waals surface area contributed by atoms with Gasteiger partial charge in [0.05, 0.1) is 0 Å². The van der Waals surface area contributed by atoms with Crippen LogP contribution in [0.25, 0.3) is 0 Å². The van der Waals surface area contributed by atoms with Crippen molar-refractivity contribution >= 4 is 5.84 Å². The van der Waals surface area contributed by atoms with Crippen LogP contribution in [0.5, 0.6) is 5.75 Å². The van der Waals surface area contributed by atoms with Crippen molar-refractivity contribution < 1.29 is 4.74 Å². The van der Waals surface area contributed by atoms with Crippen molar-refractivity contribution in [3.05, 3.63) is 29.8 Å². The third kappa shape index (κ3) is 1.70. The van der Waals surface area contributed by atoms with Gasteiger partial charge in [-0.3, -0.25) is 4.99 Å². The van der Waals surface area contributed by atoms with E-state index >= 15 is 0 Å². The maximum atomic E-state index is 6.19. The van der Waals surface area contributed by atoms with Crippen molar-refractivity contribution in [1.29, 1.82) is 0 Å². The van der Waals surface area contributed by atoms with E-state index in [0.29, 0.717) is 0 Å². The normalized spacial score (nSPS) is 26.8. The quantitative estimate of drug-likeness (QED) is 0.844. The highest BCUT2D eigenvalue weighted by Gasteiger charge is 2.42. The smallest absolute Gasteiger partial charge is 0.169 e. The van der Waals surface area contributed by atoms with Crippen LogP contribution in [-0.4, -0.2) is 24.5 Å². The molecule has 3 nitrogen and oxygen atoms in total. The Labute approximate surface area is 102 Å². The van der Waals surface area contributed by atoms with Crippen LogP contribution in [0.15, 0.2) is 29.3 Å². The largest absolute Gasteiger partial charge is 0.479 e. The van der Waals surface area contributed by atoms with Crippen molar-refractivity contribution in [2.24, 2.45) is 4.99 Å². The number of ether oxygens (including phenoxy) is 1. The number of nitrogens with zero attached hydrogens (tertiary/aromatic N) is 1. The molecular formula is C14H18N2O. The first-order valence-corrected chi connectivity index (χ1v) is 6.40. The summed E-state index contributed by atoms with van der Waals surface area (Å²) >= 11 is 0. The van der Waals surface area contributed by atoms with E-state index in [9.17, 15) is 0 Å². The summed E-state index contributed by atoms with van der Waals surface area (Å²) in [6.07, 6.45) is 3.01. The zero-order valence-electron chi connectivity index (χ0n) is 10.2. The highest BCUT2D eigenvalue weighted by molar-refractivity contribution is 5.92. The Balaban J connectivity index is 1.94. The topological polar surface area (TPSA) is 33.6 Å². The first-order chi connectivity index (χ1) is 8.34. The predicted octanol–water partition coefficient (Wildman–Crippen LogP) is 2.16. The summed E-state index contributed by atoms with van der Waals surface area (Å²) < 4.78 is 6.19. The Kier molecular flexibility index (Phi) is 2.54. The molecule has 0 saturated carbocycles. The lowest BCUT2D eigenvalue weighted by atomic mass is 9.92. The summed E-state index contributed by atoms with van der Waals surface area (Å²) in [5.74, 6) is 2.06. The Morgan fingerprint density at radius 3 is 3.00 bits per heavy atom. The standard InChI is InChI=1S/C14H18N2O/c1-2-14(13-15-8-5-9-16-13)10-11-6-3-4-7-12(11)17-14/h3-4,6-7H,2,5,8-10H2,1H3,(H,15,16). The lowest BCUT2D eigenvalue weighted by Crippen LogP contribution is -2.52. The number of amidine groups is 1. The molecule has 90 valence electrons. The fourth-order valence-electron chi connectivity index (χ4n) is 2.64. The van der Waals surface area contributed by atoms with Crippen LogP contribution in [0.1, 0.15) is 25.3 Å².